The highest BCUT2D eigenvalue weighted by Gasteiger charge is 2.31. The van der Waals surface area contributed by atoms with Gasteiger partial charge in [0, 0.05) is 16.5 Å². The van der Waals surface area contributed by atoms with Crippen molar-refractivity contribution in [2.45, 2.75) is 18.0 Å². The molecule has 1 atom stereocenters. The molecule has 0 radical (unpaired) electrons. The average molecular weight is 287 g/mol. The molecule has 1 aromatic rings. The maximum Gasteiger partial charge on any atom is 0.416 e. The summed E-state index contributed by atoms with van der Waals surface area (Å²) in [5, 5.41) is 0. The molecule has 0 spiro atoms. The summed E-state index contributed by atoms with van der Waals surface area (Å²) in [4.78, 5) is 0.218. The van der Waals surface area contributed by atoms with E-state index in [4.69, 9.17) is 11.6 Å². The first kappa shape index (κ1) is 14.6. The molecular formula is C11H11ClF4S. The second-order valence-electron chi connectivity index (χ2n) is 3.71. The van der Waals surface area contributed by atoms with Crippen LogP contribution in [0.25, 0.3) is 0 Å². The molecular weight excluding hydrogens is 276 g/mol. The Morgan fingerprint density at radius 3 is 2.47 bits per heavy atom. The van der Waals surface area contributed by atoms with Gasteiger partial charge in [-0.05, 0) is 24.1 Å². The first-order valence-corrected chi connectivity index (χ1v) is 6.42. The van der Waals surface area contributed by atoms with E-state index in [0.29, 0.717) is 17.7 Å². The predicted molar refractivity (Wildman–Crippen MR) is 62.0 cm³/mol. The predicted octanol–water partition coefficient (Wildman–Crippen LogP) is 4.81. The fraction of sp³-hybridized carbons (Fsp3) is 0.455. The molecule has 1 rings (SSSR count). The molecule has 0 aliphatic carbocycles. The van der Waals surface area contributed by atoms with Crippen molar-refractivity contribution in [1.82, 2.24) is 0 Å². The molecule has 1 unspecified atom stereocenters. The first-order chi connectivity index (χ1) is 7.84. The Morgan fingerprint density at radius 2 is 2.00 bits per heavy atom. The van der Waals surface area contributed by atoms with E-state index < -0.39 is 17.6 Å². The van der Waals surface area contributed by atoms with Crippen LogP contribution in [0.3, 0.4) is 0 Å². The Hall–Kier alpha value is -0.420. The standard InChI is InChI=1S/C11H11ClF4S/c1-7(5-12)6-17-10-3-2-8(4-9(10)13)11(14,15)16/h2-4,7H,5-6H2,1H3. The van der Waals surface area contributed by atoms with E-state index in [1.54, 1.807) is 0 Å². The molecule has 0 aromatic heterocycles. The first-order valence-electron chi connectivity index (χ1n) is 4.90. The van der Waals surface area contributed by atoms with Crippen molar-refractivity contribution < 1.29 is 17.6 Å². The van der Waals surface area contributed by atoms with Crippen molar-refractivity contribution in [2.24, 2.45) is 5.92 Å². The quantitative estimate of drug-likeness (QED) is 0.435. The Balaban J connectivity index is 2.77. The number of rotatable bonds is 4. The summed E-state index contributed by atoms with van der Waals surface area (Å²) in [5.74, 6) is 0.357. The summed E-state index contributed by atoms with van der Waals surface area (Å²) in [5.41, 5.74) is -0.968. The summed E-state index contributed by atoms with van der Waals surface area (Å²) in [6.45, 7) is 1.89. The lowest BCUT2D eigenvalue weighted by Crippen LogP contribution is -2.05. The van der Waals surface area contributed by atoms with E-state index in [1.807, 2.05) is 6.92 Å². The van der Waals surface area contributed by atoms with Crippen LogP contribution in [0.4, 0.5) is 17.6 Å². The lowest BCUT2D eigenvalue weighted by Gasteiger charge is -2.10. The smallest absolute Gasteiger partial charge is 0.206 e. The molecule has 1 aromatic carbocycles. The molecule has 0 saturated heterocycles. The van der Waals surface area contributed by atoms with Gasteiger partial charge in [0.15, 0.2) is 0 Å². The second kappa shape index (κ2) is 5.96. The summed E-state index contributed by atoms with van der Waals surface area (Å²) < 4.78 is 50.2. The topological polar surface area (TPSA) is 0 Å². The van der Waals surface area contributed by atoms with Crippen molar-refractivity contribution >= 4 is 23.4 Å². The molecule has 0 aliphatic rings. The minimum absolute atomic E-state index is 0.184. The number of benzene rings is 1. The van der Waals surface area contributed by atoms with Gasteiger partial charge < -0.3 is 0 Å². The van der Waals surface area contributed by atoms with Crippen LogP contribution in [0, 0.1) is 11.7 Å². The molecule has 0 fully saturated rings. The number of alkyl halides is 4. The van der Waals surface area contributed by atoms with Crippen molar-refractivity contribution in [3.05, 3.63) is 29.6 Å². The van der Waals surface area contributed by atoms with E-state index in [1.165, 1.54) is 11.8 Å². The Bertz CT molecular complexity index is 378. The number of hydrogen-bond donors (Lipinski definition) is 0. The van der Waals surface area contributed by atoms with Crippen LogP contribution in [0.15, 0.2) is 23.1 Å². The largest absolute Gasteiger partial charge is 0.416 e. The Labute approximate surface area is 106 Å². The highest BCUT2D eigenvalue weighted by atomic mass is 35.5. The zero-order chi connectivity index (χ0) is 13.1. The highest BCUT2D eigenvalue weighted by molar-refractivity contribution is 7.99. The van der Waals surface area contributed by atoms with Crippen molar-refractivity contribution in [3.63, 3.8) is 0 Å². The highest BCUT2D eigenvalue weighted by Crippen LogP contribution is 2.32. The van der Waals surface area contributed by atoms with Crippen molar-refractivity contribution in [1.29, 1.82) is 0 Å². The van der Waals surface area contributed by atoms with Gasteiger partial charge in [-0.3, -0.25) is 0 Å². The van der Waals surface area contributed by atoms with Crippen LogP contribution in [0.1, 0.15) is 12.5 Å². The minimum Gasteiger partial charge on any atom is -0.206 e. The zero-order valence-electron chi connectivity index (χ0n) is 9.02. The summed E-state index contributed by atoms with van der Waals surface area (Å²) >= 11 is 6.76. The van der Waals surface area contributed by atoms with Crippen molar-refractivity contribution in [3.8, 4) is 0 Å². The van der Waals surface area contributed by atoms with Gasteiger partial charge in [-0.1, -0.05) is 6.92 Å². The fourth-order valence-electron chi connectivity index (χ4n) is 1.07. The van der Waals surface area contributed by atoms with Crippen LogP contribution >= 0.6 is 23.4 Å². The number of thioether (sulfide) groups is 1. The summed E-state index contributed by atoms with van der Waals surface area (Å²) in [7, 11) is 0. The fourth-order valence-corrected chi connectivity index (χ4v) is 2.25. The lowest BCUT2D eigenvalue weighted by molar-refractivity contribution is -0.137. The zero-order valence-corrected chi connectivity index (χ0v) is 10.6. The average Bonchev–Trinajstić information content (AvgIpc) is 2.25. The van der Waals surface area contributed by atoms with Gasteiger partial charge in [0.05, 0.1) is 5.56 Å². The molecule has 6 heteroatoms. The van der Waals surface area contributed by atoms with Gasteiger partial charge in [0.1, 0.15) is 5.82 Å². The van der Waals surface area contributed by atoms with Gasteiger partial charge in [0.25, 0.3) is 0 Å². The molecule has 0 heterocycles. The molecule has 17 heavy (non-hydrogen) atoms. The monoisotopic (exact) mass is 286 g/mol. The van der Waals surface area contributed by atoms with E-state index in [9.17, 15) is 17.6 Å². The van der Waals surface area contributed by atoms with Crippen molar-refractivity contribution in [2.75, 3.05) is 11.6 Å². The van der Waals surface area contributed by atoms with Crippen LogP contribution in [0.2, 0.25) is 0 Å². The molecule has 96 valence electrons. The Morgan fingerprint density at radius 1 is 1.35 bits per heavy atom. The third kappa shape index (κ3) is 4.39. The van der Waals surface area contributed by atoms with E-state index in [2.05, 4.69) is 0 Å². The molecule has 0 N–H and O–H groups in total. The van der Waals surface area contributed by atoms with Crippen LogP contribution < -0.4 is 0 Å². The Kier molecular flexibility index (Phi) is 5.13. The van der Waals surface area contributed by atoms with Crippen LogP contribution in [0.5, 0.6) is 0 Å². The summed E-state index contributed by atoms with van der Waals surface area (Å²) in [6.07, 6.45) is -4.51. The third-order valence-electron chi connectivity index (χ3n) is 2.05. The number of hydrogen-bond acceptors (Lipinski definition) is 1. The molecule has 0 saturated carbocycles. The molecule has 0 amide bonds. The molecule has 0 bridgehead atoms. The maximum absolute atomic E-state index is 13.4. The van der Waals surface area contributed by atoms with Crippen LogP contribution in [-0.4, -0.2) is 11.6 Å². The van der Waals surface area contributed by atoms with Gasteiger partial charge in [-0.15, -0.1) is 23.4 Å². The summed E-state index contributed by atoms with van der Waals surface area (Å²) in [6, 6.07) is 2.56. The van der Waals surface area contributed by atoms with Crippen LogP contribution in [-0.2, 0) is 6.18 Å². The van der Waals surface area contributed by atoms with Gasteiger partial charge in [0.2, 0.25) is 0 Å². The van der Waals surface area contributed by atoms with Gasteiger partial charge in [-0.2, -0.15) is 13.2 Å². The maximum atomic E-state index is 13.4. The van der Waals surface area contributed by atoms with Gasteiger partial charge >= 0.3 is 6.18 Å². The normalized spacial score (nSPS) is 13.8. The number of halogens is 5. The molecule has 0 nitrogen and oxygen atoms in total. The molecule has 0 aliphatic heterocycles. The van der Waals surface area contributed by atoms with E-state index in [-0.39, 0.29) is 10.8 Å². The second-order valence-corrected chi connectivity index (χ2v) is 5.08. The lowest BCUT2D eigenvalue weighted by atomic mass is 10.2. The van der Waals surface area contributed by atoms with Gasteiger partial charge in [-0.25, -0.2) is 4.39 Å². The van der Waals surface area contributed by atoms with E-state index in [0.717, 1.165) is 12.1 Å². The SMILES string of the molecule is CC(CCl)CSc1ccc(C(F)(F)F)cc1F. The third-order valence-corrected chi connectivity index (χ3v) is 3.95. The minimum atomic E-state index is -4.51. The van der Waals surface area contributed by atoms with E-state index >= 15 is 0 Å².